The van der Waals surface area contributed by atoms with E-state index in [1.165, 1.54) is 0 Å². The highest BCUT2D eigenvalue weighted by atomic mass is 32.5. The van der Waals surface area contributed by atoms with Gasteiger partial charge in [-0.1, -0.05) is 142 Å². The fraction of sp³-hybridized carbons (Fsp3) is 0.393. The number of imidazole rings is 2. The van der Waals surface area contributed by atoms with E-state index < -0.39 is 64.1 Å². The summed E-state index contributed by atoms with van der Waals surface area (Å²) in [6, 6.07) is 41.3. The Morgan fingerprint density at radius 1 is 0.610 bits per heavy atom. The van der Waals surface area contributed by atoms with Crippen molar-refractivity contribution >= 4 is 60.8 Å². The maximum atomic E-state index is 7.23. The molecule has 18 nitrogen and oxygen atoms in total. The highest BCUT2D eigenvalue weighted by molar-refractivity contribution is 8.07. The summed E-state index contributed by atoms with van der Waals surface area (Å²) < 4.78 is 57.1. The normalized spacial score (nSPS) is 24.6. The van der Waals surface area contributed by atoms with Crippen molar-refractivity contribution in [2.75, 3.05) is 37.2 Å². The fourth-order valence-electron chi connectivity index (χ4n) is 10.1. The molecule has 9 atom stereocenters. The topological polar surface area (TPSA) is 168 Å². The number of anilines is 2. The van der Waals surface area contributed by atoms with Gasteiger partial charge in [-0.3, -0.25) is 13.7 Å². The Bertz CT molecular complexity index is 3220. The second-order valence-electron chi connectivity index (χ2n) is 21.2. The van der Waals surface area contributed by atoms with Gasteiger partial charge < -0.3 is 42.2 Å². The van der Waals surface area contributed by atoms with Gasteiger partial charge in [-0.15, -0.1) is 0 Å². The van der Waals surface area contributed by atoms with Gasteiger partial charge in [-0.25, -0.2) is 29.9 Å². The van der Waals surface area contributed by atoms with Crippen molar-refractivity contribution in [3.8, 4) is 0 Å². The number of hydrogen-bond donors (Lipinski definition) is 0. The van der Waals surface area contributed by atoms with E-state index >= 15 is 0 Å². The summed E-state index contributed by atoms with van der Waals surface area (Å²) in [6.45, 7) is 10.1. The Hall–Kier alpha value is -5.87. The van der Waals surface area contributed by atoms with Crippen LogP contribution in [-0.4, -0.2) is 111 Å². The highest BCUT2D eigenvalue weighted by Crippen LogP contribution is 2.58. The lowest BCUT2D eigenvalue weighted by Gasteiger charge is -2.40. The predicted molar refractivity (Wildman–Crippen MR) is 299 cm³/mol. The van der Waals surface area contributed by atoms with Crippen LogP contribution < -0.4 is 9.80 Å². The van der Waals surface area contributed by atoms with E-state index in [2.05, 4.69) is 92.2 Å². The van der Waals surface area contributed by atoms with Crippen LogP contribution >= 0.6 is 6.72 Å². The van der Waals surface area contributed by atoms with E-state index in [0.29, 0.717) is 60.1 Å². The molecule has 0 amide bonds. The first-order chi connectivity index (χ1) is 37.3. The third-order valence-corrected chi connectivity index (χ3v) is 21.9. The summed E-state index contributed by atoms with van der Waals surface area (Å²) in [7, 11) is 0.843. The maximum Gasteiger partial charge on any atom is 0.327 e. The quantitative estimate of drug-likeness (QED) is 0.0554. The molecule has 7 heterocycles. The summed E-state index contributed by atoms with van der Waals surface area (Å²) >= 11 is 6.18. The Morgan fingerprint density at radius 3 is 1.48 bits per heavy atom. The summed E-state index contributed by atoms with van der Waals surface area (Å²) in [6.07, 6.45) is 1.54. The lowest BCUT2D eigenvalue weighted by atomic mass is 10.1. The number of benzene rings is 4. The van der Waals surface area contributed by atoms with Gasteiger partial charge in [-0.2, -0.15) is 0 Å². The van der Waals surface area contributed by atoms with Crippen molar-refractivity contribution in [1.82, 2.24) is 39.0 Å². The van der Waals surface area contributed by atoms with Crippen LogP contribution in [0.5, 0.6) is 0 Å². The Balaban J connectivity index is 0.843. The van der Waals surface area contributed by atoms with E-state index in [-0.39, 0.29) is 18.3 Å². The van der Waals surface area contributed by atoms with E-state index in [1.807, 2.05) is 81.9 Å². The third-order valence-electron chi connectivity index (χ3n) is 15.1. The van der Waals surface area contributed by atoms with Gasteiger partial charge in [0.25, 0.3) is 0 Å². The molecule has 77 heavy (non-hydrogen) atoms. The lowest BCUT2D eigenvalue weighted by Crippen LogP contribution is -2.50. The minimum absolute atomic E-state index is 0.0185. The molecule has 0 aliphatic carbocycles. The molecule has 0 spiro atoms. The van der Waals surface area contributed by atoms with E-state index in [4.69, 9.17) is 78.7 Å². The van der Waals surface area contributed by atoms with Crippen LogP contribution in [0, 0.1) is 0 Å². The molecule has 4 aromatic heterocycles. The van der Waals surface area contributed by atoms with Crippen molar-refractivity contribution in [2.45, 2.75) is 114 Å². The van der Waals surface area contributed by atoms with Gasteiger partial charge in [0.1, 0.15) is 49.3 Å². The standard InChI is InChI=1S/C56H65N10O8PSSi/c1-56(2,3)77(6,7)74-47-43(72-55(49(47)68-5)66-37-62-45-51(58-35-60-53(45)66)64(30-40-24-16-10-17-25-40)31-41-26-18-11-19-27-41)33-70-75(76)69-32-42-46(73-75)48(67-4)54(71-42)65-36-61-44-50(57-34-59-52(44)65)63(28-38-20-12-8-13-21-38)29-39-22-14-9-15-23-39/h8-27,34-37,42-43,46-49,54-55H,28-33H2,1-7H3/t42-,43-,46-,47-,48-,49-,54-,55-,75-/m1/s1. The molecule has 21 heteroatoms. The van der Waals surface area contributed by atoms with Crippen molar-refractivity contribution in [3.63, 3.8) is 0 Å². The third kappa shape index (κ3) is 11.1. The number of hydrogen-bond acceptors (Lipinski definition) is 17. The average molecular weight is 1100 g/mol. The molecule has 8 aromatic rings. The zero-order chi connectivity index (χ0) is 53.3. The largest absolute Gasteiger partial charge is 0.408 e. The van der Waals surface area contributed by atoms with E-state index in [1.54, 1.807) is 39.5 Å². The Kier molecular flexibility index (Phi) is 15.5. The monoisotopic (exact) mass is 1100 g/mol. The first-order valence-corrected chi connectivity index (χ1v) is 31.4. The molecule has 0 saturated carbocycles. The van der Waals surface area contributed by atoms with Crippen molar-refractivity contribution < 1.29 is 36.9 Å². The lowest BCUT2D eigenvalue weighted by molar-refractivity contribution is -0.0740. The minimum Gasteiger partial charge on any atom is -0.408 e. The Morgan fingerprint density at radius 2 is 1.05 bits per heavy atom. The average Bonchev–Trinajstić information content (AvgIpc) is 4.26. The number of rotatable bonds is 19. The van der Waals surface area contributed by atoms with Crippen LogP contribution in [0.4, 0.5) is 11.6 Å². The van der Waals surface area contributed by atoms with Gasteiger partial charge in [0.2, 0.25) is 0 Å². The number of methoxy groups -OCH3 is 2. The Labute approximate surface area is 455 Å². The van der Waals surface area contributed by atoms with Gasteiger partial charge in [0.15, 0.2) is 54.7 Å². The molecular formula is C56H65N10O8PSSi. The van der Waals surface area contributed by atoms with Crippen LogP contribution in [0.3, 0.4) is 0 Å². The molecule has 0 radical (unpaired) electrons. The molecule has 11 rings (SSSR count). The van der Waals surface area contributed by atoms with Gasteiger partial charge in [0.05, 0.1) is 25.9 Å². The number of ether oxygens (including phenoxy) is 4. The van der Waals surface area contributed by atoms with Crippen LogP contribution in [0.1, 0.15) is 55.5 Å². The molecule has 3 aliphatic rings. The SMILES string of the molecule is CO[C@@H]1[C@H](O[Si](C)(C)C(C)(C)C)[C@@H](CO[P@]2(=S)OC[C@H]3O[C@@H](n4cnc5c(N(Cc6ccccc6)Cc6ccccc6)ncnc54)[C@H](OC)[C@@H]3O2)O[C@H]1n1cnc2c(N(Cc3ccccc3)Cc3ccccc3)ncnc21. The van der Waals surface area contributed by atoms with Gasteiger partial charge in [-0.05, 0) is 52.2 Å². The van der Waals surface area contributed by atoms with Crippen LogP contribution in [-0.2, 0) is 74.9 Å². The van der Waals surface area contributed by atoms with Crippen molar-refractivity contribution in [2.24, 2.45) is 0 Å². The summed E-state index contributed by atoms with van der Waals surface area (Å²) in [5.41, 5.74) is 6.99. The first-order valence-electron chi connectivity index (χ1n) is 25.9. The molecule has 3 aliphatic heterocycles. The second kappa shape index (κ2) is 22.5. The minimum atomic E-state index is -3.45. The molecule has 4 aromatic carbocycles. The second-order valence-corrected chi connectivity index (χ2v) is 28.9. The van der Waals surface area contributed by atoms with E-state index in [0.717, 1.165) is 22.3 Å². The number of fused-ring (bicyclic) bond motifs is 3. The molecule has 3 saturated heterocycles. The zero-order valence-electron chi connectivity index (χ0n) is 44.3. The van der Waals surface area contributed by atoms with E-state index in [9.17, 15) is 0 Å². The zero-order valence-corrected chi connectivity index (χ0v) is 47.0. The van der Waals surface area contributed by atoms with Crippen molar-refractivity contribution in [1.29, 1.82) is 0 Å². The van der Waals surface area contributed by atoms with Gasteiger partial charge >= 0.3 is 6.72 Å². The van der Waals surface area contributed by atoms with Crippen molar-refractivity contribution in [3.05, 3.63) is 169 Å². The van der Waals surface area contributed by atoms with Gasteiger partial charge in [0, 0.05) is 40.4 Å². The molecular weight excluding hydrogens is 1030 g/mol. The van der Waals surface area contributed by atoms with Crippen LogP contribution in [0.15, 0.2) is 147 Å². The molecule has 0 N–H and O–H groups in total. The maximum absolute atomic E-state index is 7.23. The fourth-order valence-corrected chi connectivity index (χ4v) is 13.5. The summed E-state index contributed by atoms with van der Waals surface area (Å²) in [4.78, 5) is 33.5. The predicted octanol–water partition coefficient (Wildman–Crippen LogP) is 9.95. The smallest absolute Gasteiger partial charge is 0.327 e. The first kappa shape index (κ1) is 53.1. The molecule has 0 bridgehead atoms. The molecule has 0 unspecified atom stereocenters. The number of aromatic nitrogens is 8. The van der Waals surface area contributed by atoms with Crippen LogP contribution in [0.25, 0.3) is 22.3 Å². The molecule has 3 fully saturated rings. The highest BCUT2D eigenvalue weighted by Gasteiger charge is 2.55. The summed E-state index contributed by atoms with van der Waals surface area (Å²) in [5.74, 6) is 1.39. The van der Waals surface area contributed by atoms with Crippen LogP contribution in [0.2, 0.25) is 18.1 Å². The number of nitrogens with zero attached hydrogens (tertiary/aromatic N) is 10. The summed E-state index contributed by atoms with van der Waals surface area (Å²) in [5, 5.41) is -0.136. The molecule has 402 valence electrons.